The lowest BCUT2D eigenvalue weighted by atomic mass is 10.2. The minimum absolute atomic E-state index is 0.609. The van der Waals surface area contributed by atoms with Crippen LogP contribution in [0.1, 0.15) is 12.5 Å². The van der Waals surface area contributed by atoms with Gasteiger partial charge in [0.25, 0.3) is 0 Å². The molecule has 0 aliphatic rings. The van der Waals surface area contributed by atoms with Gasteiger partial charge >= 0.3 is 0 Å². The summed E-state index contributed by atoms with van der Waals surface area (Å²) >= 11 is 13.6. The van der Waals surface area contributed by atoms with Crippen molar-refractivity contribution in [1.29, 1.82) is 0 Å². The van der Waals surface area contributed by atoms with E-state index >= 15 is 0 Å². The lowest BCUT2D eigenvalue weighted by Gasteiger charge is -2.10. The molecule has 0 spiro atoms. The molecule has 0 aliphatic heterocycles. The quantitative estimate of drug-likeness (QED) is 0.867. The summed E-state index contributed by atoms with van der Waals surface area (Å²) in [5.41, 5.74) is 1.16. The van der Waals surface area contributed by atoms with Crippen molar-refractivity contribution in [3.63, 3.8) is 0 Å². The first-order valence-corrected chi connectivity index (χ1v) is 6.85. The average molecular weight is 264 g/mol. The van der Waals surface area contributed by atoms with Crippen LogP contribution >= 0.6 is 35.0 Å². The van der Waals surface area contributed by atoms with E-state index < -0.39 is 0 Å². The predicted molar refractivity (Wildman–Crippen MR) is 71.1 cm³/mol. The van der Waals surface area contributed by atoms with Crippen LogP contribution in [-0.2, 0) is 6.54 Å². The van der Waals surface area contributed by atoms with Crippen LogP contribution < -0.4 is 5.32 Å². The molecule has 1 atom stereocenters. The summed E-state index contributed by atoms with van der Waals surface area (Å²) in [6.07, 6.45) is 2.12. The first-order valence-electron chi connectivity index (χ1n) is 4.81. The molecule has 0 radical (unpaired) electrons. The summed E-state index contributed by atoms with van der Waals surface area (Å²) in [7, 11) is 0. The molecular weight excluding hydrogens is 249 g/mol. The van der Waals surface area contributed by atoms with Crippen LogP contribution in [0.25, 0.3) is 0 Å². The fourth-order valence-corrected chi connectivity index (χ4v) is 1.76. The van der Waals surface area contributed by atoms with E-state index in [-0.39, 0.29) is 0 Å². The van der Waals surface area contributed by atoms with Gasteiger partial charge in [0.15, 0.2) is 0 Å². The number of benzene rings is 1. The van der Waals surface area contributed by atoms with Crippen LogP contribution in [0.5, 0.6) is 0 Å². The fraction of sp³-hybridized carbons (Fsp3) is 0.455. The van der Waals surface area contributed by atoms with Crippen molar-refractivity contribution in [1.82, 2.24) is 5.32 Å². The number of nitrogens with one attached hydrogen (secondary N) is 1. The Morgan fingerprint density at radius 2 is 2.07 bits per heavy atom. The number of hydrogen-bond acceptors (Lipinski definition) is 2. The summed E-state index contributed by atoms with van der Waals surface area (Å²) in [4.78, 5) is 0. The minimum atomic E-state index is 0.609. The highest BCUT2D eigenvalue weighted by Crippen LogP contribution is 2.22. The highest BCUT2D eigenvalue weighted by Gasteiger charge is 2.01. The van der Waals surface area contributed by atoms with E-state index in [4.69, 9.17) is 23.2 Å². The molecule has 0 fully saturated rings. The largest absolute Gasteiger partial charge is 0.312 e. The van der Waals surface area contributed by atoms with E-state index in [1.807, 2.05) is 30.0 Å². The van der Waals surface area contributed by atoms with Crippen LogP contribution in [0.4, 0.5) is 0 Å². The van der Waals surface area contributed by atoms with Crippen LogP contribution in [0.3, 0.4) is 0 Å². The third-order valence-corrected chi connectivity index (χ3v) is 3.86. The second kappa shape index (κ2) is 6.64. The zero-order valence-corrected chi connectivity index (χ0v) is 11.2. The number of hydrogen-bond donors (Lipinski definition) is 1. The van der Waals surface area contributed by atoms with Crippen molar-refractivity contribution in [3.05, 3.63) is 33.8 Å². The molecule has 15 heavy (non-hydrogen) atoms. The molecular formula is C11H15Cl2NS. The van der Waals surface area contributed by atoms with Crippen LogP contribution in [-0.4, -0.2) is 18.1 Å². The van der Waals surface area contributed by atoms with Gasteiger partial charge in [0.1, 0.15) is 0 Å². The Bertz CT molecular complexity index is 317. The third kappa shape index (κ3) is 4.64. The van der Waals surface area contributed by atoms with E-state index in [0.717, 1.165) is 18.7 Å². The van der Waals surface area contributed by atoms with E-state index in [9.17, 15) is 0 Å². The van der Waals surface area contributed by atoms with Crippen molar-refractivity contribution >= 4 is 35.0 Å². The lowest BCUT2D eigenvalue weighted by Crippen LogP contribution is -2.21. The van der Waals surface area contributed by atoms with Gasteiger partial charge in [0.05, 0.1) is 10.0 Å². The average Bonchev–Trinajstić information content (AvgIpc) is 2.23. The SMILES string of the molecule is CSC(C)CNCc1ccc(Cl)c(Cl)c1. The fourth-order valence-electron chi connectivity index (χ4n) is 1.15. The Kier molecular flexibility index (Phi) is 5.83. The molecule has 1 rings (SSSR count). The summed E-state index contributed by atoms with van der Waals surface area (Å²) in [5.74, 6) is 0. The molecule has 1 aromatic carbocycles. The van der Waals surface area contributed by atoms with Gasteiger partial charge in [0.2, 0.25) is 0 Å². The Balaban J connectivity index is 2.41. The van der Waals surface area contributed by atoms with Gasteiger partial charge in [-0.15, -0.1) is 0 Å². The molecule has 0 saturated heterocycles. The molecule has 0 aliphatic carbocycles. The molecule has 0 aromatic heterocycles. The molecule has 1 N–H and O–H groups in total. The molecule has 4 heteroatoms. The van der Waals surface area contributed by atoms with E-state index in [0.29, 0.717) is 15.3 Å². The Hall–Kier alpha value is 0.110. The third-order valence-electron chi connectivity index (χ3n) is 2.15. The van der Waals surface area contributed by atoms with E-state index in [1.165, 1.54) is 0 Å². The molecule has 0 bridgehead atoms. The maximum absolute atomic E-state index is 5.92. The summed E-state index contributed by atoms with van der Waals surface area (Å²) in [6.45, 7) is 4.04. The van der Waals surface area contributed by atoms with Crippen molar-refractivity contribution in [2.45, 2.75) is 18.7 Å². The zero-order valence-electron chi connectivity index (χ0n) is 8.89. The smallest absolute Gasteiger partial charge is 0.0595 e. The maximum Gasteiger partial charge on any atom is 0.0595 e. The van der Waals surface area contributed by atoms with Gasteiger partial charge in [0, 0.05) is 18.3 Å². The van der Waals surface area contributed by atoms with Gasteiger partial charge in [-0.25, -0.2) is 0 Å². The van der Waals surface area contributed by atoms with Crippen molar-refractivity contribution in [2.75, 3.05) is 12.8 Å². The van der Waals surface area contributed by atoms with Crippen LogP contribution in [0.15, 0.2) is 18.2 Å². The second-order valence-corrected chi connectivity index (χ2v) is 5.52. The number of thioether (sulfide) groups is 1. The van der Waals surface area contributed by atoms with Crippen molar-refractivity contribution in [2.24, 2.45) is 0 Å². The first kappa shape index (κ1) is 13.2. The Morgan fingerprint density at radius 1 is 1.33 bits per heavy atom. The van der Waals surface area contributed by atoms with Gasteiger partial charge in [-0.05, 0) is 24.0 Å². The standard InChI is InChI=1S/C11H15Cl2NS/c1-8(15-2)6-14-7-9-3-4-10(12)11(13)5-9/h3-5,8,14H,6-7H2,1-2H3. The van der Waals surface area contributed by atoms with Crippen LogP contribution in [0.2, 0.25) is 10.0 Å². The van der Waals surface area contributed by atoms with Crippen LogP contribution in [0, 0.1) is 0 Å². The number of rotatable bonds is 5. The van der Waals surface area contributed by atoms with Gasteiger partial charge < -0.3 is 5.32 Å². The lowest BCUT2D eigenvalue weighted by molar-refractivity contribution is 0.684. The van der Waals surface area contributed by atoms with Gasteiger partial charge in [-0.1, -0.05) is 36.2 Å². The highest BCUT2D eigenvalue weighted by molar-refractivity contribution is 7.99. The monoisotopic (exact) mass is 263 g/mol. The molecule has 1 unspecified atom stereocenters. The predicted octanol–water partition coefficient (Wildman–Crippen LogP) is 3.83. The topological polar surface area (TPSA) is 12.0 Å². The summed E-state index contributed by atoms with van der Waals surface area (Å²) in [6, 6.07) is 5.73. The van der Waals surface area contributed by atoms with E-state index in [2.05, 4.69) is 18.5 Å². The van der Waals surface area contributed by atoms with E-state index in [1.54, 1.807) is 0 Å². The molecule has 84 valence electrons. The molecule has 0 saturated carbocycles. The summed E-state index contributed by atoms with van der Waals surface area (Å²) < 4.78 is 0. The molecule has 0 heterocycles. The Labute approximate surface area is 106 Å². The zero-order chi connectivity index (χ0) is 11.3. The van der Waals surface area contributed by atoms with Crippen molar-refractivity contribution < 1.29 is 0 Å². The molecule has 1 nitrogen and oxygen atoms in total. The first-order chi connectivity index (χ1) is 7.13. The summed E-state index contributed by atoms with van der Waals surface area (Å²) in [5, 5.41) is 5.24. The molecule has 0 amide bonds. The highest BCUT2D eigenvalue weighted by atomic mass is 35.5. The minimum Gasteiger partial charge on any atom is -0.312 e. The van der Waals surface area contributed by atoms with Gasteiger partial charge in [-0.2, -0.15) is 11.8 Å². The Morgan fingerprint density at radius 3 is 2.67 bits per heavy atom. The van der Waals surface area contributed by atoms with Crippen molar-refractivity contribution in [3.8, 4) is 0 Å². The maximum atomic E-state index is 5.92. The number of halogens is 2. The molecule has 1 aromatic rings. The second-order valence-electron chi connectivity index (χ2n) is 3.43. The normalized spacial score (nSPS) is 12.8. The van der Waals surface area contributed by atoms with Gasteiger partial charge in [-0.3, -0.25) is 0 Å².